The fraction of sp³-hybridized carbons (Fsp3) is 0.312. The smallest absolute Gasteiger partial charge is 0.163 e. The second kappa shape index (κ2) is 6.80. The zero-order chi connectivity index (χ0) is 14.4. The van der Waals surface area contributed by atoms with E-state index in [0.717, 1.165) is 28.6 Å². The number of anilines is 2. The third-order valence-corrected chi connectivity index (χ3v) is 2.81. The minimum atomic E-state index is 0.596. The molecule has 0 atom stereocenters. The summed E-state index contributed by atoms with van der Waals surface area (Å²) in [5.41, 5.74) is 2.05. The molecule has 20 heavy (non-hydrogen) atoms. The third kappa shape index (κ3) is 3.20. The Morgan fingerprint density at radius 3 is 2.55 bits per heavy atom. The molecule has 0 fully saturated rings. The maximum atomic E-state index is 5.55. The molecule has 3 rings (SSSR count). The van der Waals surface area contributed by atoms with Crippen molar-refractivity contribution in [2.45, 2.75) is 20.8 Å². The van der Waals surface area contributed by atoms with Crippen molar-refractivity contribution in [3.8, 4) is 11.5 Å². The number of hydrogen-bond acceptors (Lipinski definition) is 4. The molecule has 1 aliphatic heterocycles. The van der Waals surface area contributed by atoms with Crippen LogP contribution in [0.3, 0.4) is 0 Å². The van der Waals surface area contributed by atoms with E-state index in [1.165, 1.54) is 0 Å². The molecule has 2 aromatic rings. The highest BCUT2D eigenvalue weighted by molar-refractivity contribution is 5.63. The predicted molar refractivity (Wildman–Crippen MR) is 81.0 cm³/mol. The molecular weight excluding hydrogens is 252 g/mol. The lowest BCUT2D eigenvalue weighted by molar-refractivity contribution is 0.171. The van der Waals surface area contributed by atoms with Crippen molar-refractivity contribution in [3.63, 3.8) is 0 Å². The van der Waals surface area contributed by atoms with Gasteiger partial charge in [-0.1, -0.05) is 19.9 Å². The van der Waals surface area contributed by atoms with Crippen molar-refractivity contribution in [2.24, 2.45) is 0 Å². The van der Waals surface area contributed by atoms with Gasteiger partial charge < -0.3 is 14.8 Å². The van der Waals surface area contributed by atoms with Gasteiger partial charge >= 0.3 is 0 Å². The zero-order valence-corrected chi connectivity index (χ0v) is 12.1. The van der Waals surface area contributed by atoms with Crippen molar-refractivity contribution >= 4 is 11.5 Å². The number of nitrogens with one attached hydrogen (secondary N) is 1. The molecular formula is C16H20N2O2. The van der Waals surface area contributed by atoms with E-state index < -0.39 is 0 Å². The van der Waals surface area contributed by atoms with E-state index >= 15 is 0 Å². The Labute approximate surface area is 119 Å². The van der Waals surface area contributed by atoms with Crippen LogP contribution in [-0.2, 0) is 0 Å². The summed E-state index contributed by atoms with van der Waals surface area (Å²) in [6.45, 7) is 7.23. The molecule has 1 aromatic carbocycles. The van der Waals surface area contributed by atoms with Gasteiger partial charge in [-0.25, -0.2) is 4.98 Å². The first-order chi connectivity index (χ1) is 9.83. The Kier molecular flexibility index (Phi) is 4.82. The number of hydrogen-bond donors (Lipinski definition) is 1. The Bertz CT molecular complexity index is 570. The number of aromatic nitrogens is 1. The molecule has 4 nitrogen and oxygen atoms in total. The minimum Gasteiger partial charge on any atom is -0.486 e. The molecule has 0 amide bonds. The molecule has 0 saturated carbocycles. The molecule has 2 heterocycles. The van der Waals surface area contributed by atoms with Gasteiger partial charge in [-0.3, -0.25) is 0 Å². The second-order valence-electron chi connectivity index (χ2n) is 4.15. The number of ether oxygens (including phenoxy) is 2. The Morgan fingerprint density at radius 2 is 1.80 bits per heavy atom. The first-order valence-corrected chi connectivity index (χ1v) is 6.91. The monoisotopic (exact) mass is 272 g/mol. The number of rotatable bonds is 2. The largest absolute Gasteiger partial charge is 0.486 e. The minimum absolute atomic E-state index is 0.596. The molecule has 106 valence electrons. The lowest BCUT2D eigenvalue weighted by atomic mass is 10.2. The summed E-state index contributed by atoms with van der Waals surface area (Å²) < 4.78 is 11.0. The molecule has 1 N–H and O–H groups in total. The van der Waals surface area contributed by atoms with E-state index in [1.807, 2.05) is 51.1 Å². The molecule has 1 aliphatic rings. The summed E-state index contributed by atoms with van der Waals surface area (Å²) in [4.78, 5) is 4.30. The van der Waals surface area contributed by atoms with E-state index in [4.69, 9.17) is 9.47 Å². The van der Waals surface area contributed by atoms with Crippen LogP contribution in [0.4, 0.5) is 11.5 Å². The Hall–Kier alpha value is -2.23. The van der Waals surface area contributed by atoms with E-state index in [2.05, 4.69) is 10.3 Å². The number of benzene rings is 1. The van der Waals surface area contributed by atoms with Crippen LogP contribution in [0.1, 0.15) is 19.4 Å². The summed E-state index contributed by atoms with van der Waals surface area (Å²) in [5, 5.41) is 3.28. The zero-order valence-electron chi connectivity index (χ0n) is 12.1. The predicted octanol–water partition coefficient (Wildman–Crippen LogP) is 3.93. The molecule has 0 unspecified atom stereocenters. The van der Waals surface area contributed by atoms with Crippen LogP contribution in [0.15, 0.2) is 36.5 Å². The quantitative estimate of drug-likeness (QED) is 0.899. The van der Waals surface area contributed by atoms with Gasteiger partial charge in [0.2, 0.25) is 0 Å². The Morgan fingerprint density at radius 1 is 1.05 bits per heavy atom. The lowest BCUT2D eigenvalue weighted by Crippen LogP contribution is -2.15. The van der Waals surface area contributed by atoms with Crippen LogP contribution in [0.5, 0.6) is 11.5 Å². The average molecular weight is 272 g/mol. The van der Waals surface area contributed by atoms with Crippen molar-refractivity contribution in [1.82, 2.24) is 4.98 Å². The van der Waals surface area contributed by atoms with Crippen molar-refractivity contribution < 1.29 is 9.47 Å². The van der Waals surface area contributed by atoms with Gasteiger partial charge in [-0.15, -0.1) is 0 Å². The molecule has 0 bridgehead atoms. The molecule has 0 radical (unpaired) electrons. The van der Waals surface area contributed by atoms with Gasteiger partial charge in [0.1, 0.15) is 19.0 Å². The van der Waals surface area contributed by atoms with E-state index in [0.29, 0.717) is 13.2 Å². The highest BCUT2D eigenvalue weighted by Gasteiger charge is 2.12. The standard InChI is InChI=1S/C14H14N2O2.C2H6/c1-10-3-2-6-15-14(10)16-11-4-5-12-13(9-11)18-8-7-17-12;1-2/h2-6,9H,7-8H2,1H3,(H,15,16);1-2H3. The SMILES string of the molecule is CC.Cc1cccnc1Nc1ccc2c(c1)OCCO2. The third-order valence-electron chi connectivity index (χ3n) is 2.81. The number of nitrogens with zero attached hydrogens (tertiary/aromatic N) is 1. The average Bonchev–Trinajstić information content (AvgIpc) is 2.51. The topological polar surface area (TPSA) is 43.4 Å². The van der Waals surface area contributed by atoms with Gasteiger partial charge in [0.05, 0.1) is 0 Å². The van der Waals surface area contributed by atoms with Gasteiger partial charge in [0.25, 0.3) is 0 Å². The number of fused-ring (bicyclic) bond motifs is 1. The maximum absolute atomic E-state index is 5.55. The molecule has 0 saturated heterocycles. The van der Waals surface area contributed by atoms with Crippen LogP contribution in [0, 0.1) is 6.92 Å². The van der Waals surface area contributed by atoms with Crippen LogP contribution < -0.4 is 14.8 Å². The maximum Gasteiger partial charge on any atom is 0.163 e. The van der Waals surface area contributed by atoms with Crippen molar-refractivity contribution in [1.29, 1.82) is 0 Å². The first kappa shape index (κ1) is 14.2. The summed E-state index contributed by atoms with van der Waals surface area (Å²) in [6.07, 6.45) is 1.77. The highest BCUT2D eigenvalue weighted by Crippen LogP contribution is 2.33. The molecule has 4 heteroatoms. The lowest BCUT2D eigenvalue weighted by Gasteiger charge is -2.19. The second-order valence-corrected chi connectivity index (χ2v) is 4.15. The highest BCUT2D eigenvalue weighted by atomic mass is 16.6. The molecule has 0 spiro atoms. The Balaban J connectivity index is 0.000000704. The van der Waals surface area contributed by atoms with Gasteiger partial charge in [0, 0.05) is 18.0 Å². The molecule has 1 aromatic heterocycles. The number of pyridine rings is 1. The van der Waals surface area contributed by atoms with E-state index in [9.17, 15) is 0 Å². The van der Waals surface area contributed by atoms with Gasteiger partial charge in [-0.05, 0) is 30.7 Å². The van der Waals surface area contributed by atoms with Crippen molar-refractivity contribution in [2.75, 3.05) is 18.5 Å². The summed E-state index contributed by atoms with van der Waals surface area (Å²) in [7, 11) is 0. The van der Waals surface area contributed by atoms with Crippen LogP contribution in [0.2, 0.25) is 0 Å². The fourth-order valence-corrected chi connectivity index (χ4v) is 1.87. The first-order valence-electron chi connectivity index (χ1n) is 6.91. The fourth-order valence-electron chi connectivity index (χ4n) is 1.87. The molecule has 0 aliphatic carbocycles. The van der Waals surface area contributed by atoms with Gasteiger partial charge in [0.15, 0.2) is 11.5 Å². The van der Waals surface area contributed by atoms with Gasteiger partial charge in [-0.2, -0.15) is 0 Å². The van der Waals surface area contributed by atoms with Crippen LogP contribution >= 0.6 is 0 Å². The van der Waals surface area contributed by atoms with Crippen molar-refractivity contribution in [3.05, 3.63) is 42.1 Å². The normalized spacial score (nSPS) is 12.2. The summed E-state index contributed by atoms with van der Waals surface area (Å²) >= 11 is 0. The van der Waals surface area contributed by atoms with E-state index in [1.54, 1.807) is 6.20 Å². The number of aryl methyl sites for hydroxylation is 1. The van der Waals surface area contributed by atoms with Crippen LogP contribution in [0.25, 0.3) is 0 Å². The van der Waals surface area contributed by atoms with Crippen LogP contribution in [-0.4, -0.2) is 18.2 Å². The van der Waals surface area contributed by atoms with E-state index in [-0.39, 0.29) is 0 Å². The summed E-state index contributed by atoms with van der Waals surface area (Å²) in [5.74, 6) is 2.43. The summed E-state index contributed by atoms with van der Waals surface area (Å²) in [6, 6.07) is 9.75.